The highest BCUT2D eigenvalue weighted by Crippen LogP contribution is 2.14. The minimum absolute atomic E-state index is 0.0598. The number of hydrogen-bond donors (Lipinski definition) is 1. The van der Waals surface area contributed by atoms with Crippen LogP contribution in [0.3, 0.4) is 0 Å². The van der Waals surface area contributed by atoms with Crippen LogP contribution in [0, 0.1) is 6.92 Å². The first-order valence-electron chi connectivity index (χ1n) is 6.81. The Morgan fingerprint density at radius 3 is 2.12 bits per heavy atom. The number of hydrogen-bond acceptors (Lipinski definition) is 6. The summed E-state index contributed by atoms with van der Waals surface area (Å²) in [6.07, 6.45) is 0. The van der Waals surface area contributed by atoms with Crippen molar-refractivity contribution in [3.8, 4) is 0 Å². The van der Waals surface area contributed by atoms with Crippen molar-refractivity contribution in [2.75, 3.05) is 5.75 Å². The molecule has 9 heteroatoms. The van der Waals surface area contributed by atoms with Crippen LogP contribution in [0.1, 0.15) is 5.56 Å². The molecule has 0 saturated heterocycles. The summed E-state index contributed by atoms with van der Waals surface area (Å²) in [6, 6.07) is 13.5. The van der Waals surface area contributed by atoms with Crippen LogP contribution < -0.4 is 5.73 Å². The van der Waals surface area contributed by atoms with Gasteiger partial charge in [0.1, 0.15) is 10.6 Å². The second kappa shape index (κ2) is 7.02. The van der Waals surface area contributed by atoms with Gasteiger partial charge in [-0.05, 0) is 31.2 Å². The van der Waals surface area contributed by atoms with Gasteiger partial charge in [0.05, 0.1) is 4.90 Å². The minimum atomic E-state index is -4.15. The highest BCUT2D eigenvalue weighted by molar-refractivity contribution is 7.92. The van der Waals surface area contributed by atoms with Gasteiger partial charge in [0.25, 0.3) is 0 Å². The van der Waals surface area contributed by atoms with Crippen molar-refractivity contribution in [2.24, 2.45) is 10.9 Å². The smallest absolute Gasteiger partial charge is 0.358 e. The van der Waals surface area contributed by atoms with Crippen LogP contribution in [0.15, 0.2) is 69.5 Å². The van der Waals surface area contributed by atoms with Crippen molar-refractivity contribution in [3.63, 3.8) is 0 Å². The second-order valence-electron chi connectivity index (χ2n) is 5.00. The van der Waals surface area contributed by atoms with E-state index in [-0.39, 0.29) is 9.79 Å². The molecule has 2 aromatic rings. The molecule has 0 amide bonds. The number of benzene rings is 2. The Hall–Kier alpha value is -2.39. The number of nitrogens with two attached hydrogens (primary N) is 1. The topological polar surface area (TPSA) is 116 Å². The lowest BCUT2D eigenvalue weighted by Gasteiger charge is -2.05. The van der Waals surface area contributed by atoms with Crippen LogP contribution in [0.5, 0.6) is 0 Å². The van der Waals surface area contributed by atoms with Crippen LogP contribution in [0.25, 0.3) is 0 Å². The molecule has 0 heterocycles. The summed E-state index contributed by atoms with van der Waals surface area (Å²) in [4.78, 5) is -0.0416. The SMILES string of the molecule is Cc1ccc(S(=O)(=O)O/N=C(/N)CS(=O)(=O)c2ccccc2)cc1. The Labute approximate surface area is 140 Å². The lowest BCUT2D eigenvalue weighted by molar-refractivity contribution is 0.338. The maximum Gasteiger partial charge on any atom is 0.358 e. The average molecular weight is 368 g/mol. The van der Waals surface area contributed by atoms with E-state index in [1.807, 2.05) is 6.92 Å². The highest BCUT2D eigenvalue weighted by atomic mass is 32.2. The van der Waals surface area contributed by atoms with Crippen molar-refractivity contribution in [1.82, 2.24) is 0 Å². The van der Waals surface area contributed by atoms with E-state index in [0.29, 0.717) is 0 Å². The lowest BCUT2D eigenvalue weighted by Crippen LogP contribution is -2.24. The predicted octanol–water partition coefficient (Wildman–Crippen LogP) is 1.45. The van der Waals surface area contributed by atoms with Gasteiger partial charge in [0, 0.05) is 0 Å². The van der Waals surface area contributed by atoms with Gasteiger partial charge >= 0.3 is 10.1 Å². The van der Waals surface area contributed by atoms with Gasteiger partial charge in [0.2, 0.25) is 0 Å². The molecule has 0 radical (unpaired) electrons. The van der Waals surface area contributed by atoms with Crippen LogP contribution >= 0.6 is 0 Å². The standard InChI is InChI=1S/C15H16N2O5S2/c1-12-7-9-14(10-8-12)24(20,21)22-17-15(16)11-23(18,19)13-5-3-2-4-6-13/h2-10H,11H2,1H3,(H2,16,17). The number of sulfone groups is 1. The van der Waals surface area contributed by atoms with Gasteiger partial charge < -0.3 is 5.73 Å². The predicted molar refractivity (Wildman–Crippen MR) is 89.6 cm³/mol. The molecule has 0 aromatic heterocycles. The maximum atomic E-state index is 12.1. The van der Waals surface area contributed by atoms with Crippen molar-refractivity contribution in [3.05, 3.63) is 60.2 Å². The quantitative estimate of drug-likeness (QED) is 0.469. The van der Waals surface area contributed by atoms with Gasteiger partial charge in [-0.15, -0.1) is 0 Å². The fourth-order valence-electron chi connectivity index (χ4n) is 1.78. The number of rotatable bonds is 6. The molecule has 2 rings (SSSR count). The molecule has 7 nitrogen and oxygen atoms in total. The Morgan fingerprint density at radius 1 is 0.958 bits per heavy atom. The van der Waals surface area contributed by atoms with Gasteiger partial charge in [-0.3, -0.25) is 4.28 Å². The number of aryl methyl sites for hydroxylation is 1. The van der Waals surface area contributed by atoms with Crippen molar-refractivity contribution in [2.45, 2.75) is 16.7 Å². The van der Waals surface area contributed by atoms with E-state index in [1.165, 1.54) is 24.3 Å². The van der Waals surface area contributed by atoms with Crippen LogP contribution in [0.2, 0.25) is 0 Å². The van der Waals surface area contributed by atoms with E-state index >= 15 is 0 Å². The maximum absolute atomic E-state index is 12.1. The highest BCUT2D eigenvalue weighted by Gasteiger charge is 2.19. The third kappa shape index (κ3) is 4.56. The molecule has 0 bridgehead atoms. The summed E-state index contributed by atoms with van der Waals surface area (Å²) >= 11 is 0. The zero-order valence-electron chi connectivity index (χ0n) is 12.8. The zero-order valence-corrected chi connectivity index (χ0v) is 14.4. The summed E-state index contributed by atoms with van der Waals surface area (Å²) in [5.41, 5.74) is 6.37. The van der Waals surface area contributed by atoms with Crippen LogP contribution in [0.4, 0.5) is 0 Å². The number of nitrogens with zero attached hydrogens (tertiary/aromatic N) is 1. The van der Waals surface area contributed by atoms with E-state index in [9.17, 15) is 16.8 Å². The first-order valence-corrected chi connectivity index (χ1v) is 9.87. The van der Waals surface area contributed by atoms with Gasteiger partial charge in [-0.1, -0.05) is 41.1 Å². The fraction of sp³-hybridized carbons (Fsp3) is 0.133. The molecule has 0 atom stereocenters. The van der Waals surface area contributed by atoms with E-state index in [2.05, 4.69) is 9.44 Å². The van der Waals surface area contributed by atoms with Gasteiger partial charge in [-0.25, -0.2) is 8.42 Å². The minimum Gasteiger partial charge on any atom is -0.384 e. The molecular formula is C15H16N2O5S2. The molecule has 0 unspecified atom stereocenters. The molecule has 0 fully saturated rings. The summed E-state index contributed by atoms with van der Waals surface area (Å²) in [5, 5.41) is 3.23. The number of amidine groups is 1. The summed E-state index contributed by atoms with van der Waals surface area (Å²) in [6.45, 7) is 1.81. The Bertz CT molecular complexity index is 935. The Balaban J connectivity index is 2.13. The molecule has 2 aromatic carbocycles. The molecular weight excluding hydrogens is 352 g/mol. The summed E-state index contributed by atoms with van der Waals surface area (Å²) in [7, 11) is -7.88. The third-order valence-electron chi connectivity index (χ3n) is 3.00. The van der Waals surface area contributed by atoms with Crippen molar-refractivity contribution < 1.29 is 21.1 Å². The molecule has 128 valence electrons. The molecule has 0 aliphatic rings. The molecule has 2 N–H and O–H groups in total. The molecule has 24 heavy (non-hydrogen) atoms. The van der Waals surface area contributed by atoms with Crippen LogP contribution in [-0.4, -0.2) is 28.4 Å². The monoisotopic (exact) mass is 368 g/mol. The van der Waals surface area contributed by atoms with E-state index < -0.39 is 31.5 Å². The molecule has 0 saturated carbocycles. The molecule has 0 spiro atoms. The largest absolute Gasteiger partial charge is 0.384 e. The first-order chi connectivity index (χ1) is 11.2. The number of oxime groups is 1. The molecule has 0 aliphatic carbocycles. The van der Waals surface area contributed by atoms with E-state index in [0.717, 1.165) is 5.56 Å². The average Bonchev–Trinajstić information content (AvgIpc) is 2.54. The van der Waals surface area contributed by atoms with E-state index in [1.54, 1.807) is 30.3 Å². The summed E-state index contributed by atoms with van der Waals surface area (Å²) in [5.74, 6) is -1.12. The normalized spacial score (nSPS) is 12.8. The van der Waals surface area contributed by atoms with Gasteiger partial charge in [-0.2, -0.15) is 8.42 Å². The van der Waals surface area contributed by atoms with E-state index in [4.69, 9.17) is 5.73 Å². The Morgan fingerprint density at radius 2 is 1.54 bits per heavy atom. The fourth-order valence-corrected chi connectivity index (χ4v) is 3.71. The zero-order chi connectivity index (χ0) is 17.8. The first kappa shape index (κ1) is 18.0. The lowest BCUT2D eigenvalue weighted by atomic mass is 10.2. The van der Waals surface area contributed by atoms with Crippen molar-refractivity contribution >= 4 is 25.8 Å². The van der Waals surface area contributed by atoms with Crippen LogP contribution in [-0.2, 0) is 24.2 Å². The second-order valence-corrected chi connectivity index (χ2v) is 8.51. The third-order valence-corrected chi connectivity index (χ3v) is 5.79. The Kier molecular flexibility index (Phi) is 5.25. The summed E-state index contributed by atoms with van der Waals surface area (Å²) < 4.78 is 52.6. The van der Waals surface area contributed by atoms with Gasteiger partial charge in [0.15, 0.2) is 15.7 Å². The van der Waals surface area contributed by atoms with Crippen molar-refractivity contribution in [1.29, 1.82) is 0 Å². The molecule has 0 aliphatic heterocycles.